The average molecular weight is 264 g/mol. The maximum Gasteiger partial charge on any atom is 0.175 e. The van der Waals surface area contributed by atoms with E-state index in [9.17, 15) is 9.00 Å². The quantitative estimate of drug-likeness (QED) is 0.766. The Labute approximate surface area is 111 Å². The van der Waals surface area contributed by atoms with Gasteiger partial charge in [0.1, 0.15) is 0 Å². The van der Waals surface area contributed by atoms with Crippen LogP contribution in [0.25, 0.3) is 0 Å². The molecule has 0 amide bonds. The minimum atomic E-state index is -1.03. The molecule has 98 valence electrons. The highest BCUT2D eigenvalue weighted by atomic mass is 32.2. The van der Waals surface area contributed by atoms with Crippen LogP contribution in [0.15, 0.2) is 18.2 Å². The highest BCUT2D eigenvalue weighted by molar-refractivity contribution is 7.85. The summed E-state index contributed by atoms with van der Waals surface area (Å²) in [5, 5.41) is 0. The fraction of sp³-hybridized carbons (Fsp3) is 0.533. The molecule has 0 radical (unpaired) electrons. The molecule has 1 unspecified atom stereocenters. The van der Waals surface area contributed by atoms with Crippen molar-refractivity contribution < 1.29 is 9.00 Å². The van der Waals surface area contributed by atoms with Gasteiger partial charge in [-0.15, -0.1) is 0 Å². The Bertz CT molecular complexity index is 477. The topological polar surface area (TPSA) is 34.1 Å². The van der Waals surface area contributed by atoms with Gasteiger partial charge in [-0.3, -0.25) is 9.00 Å². The molecule has 0 heterocycles. The lowest BCUT2D eigenvalue weighted by atomic mass is 10.0. The number of benzene rings is 1. The summed E-state index contributed by atoms with van der Waals surface area (Å²) in [6, 6.07) is 5.94. The Morgan fingerprint density at radius 1 is 1.28 bits per heavy atom. The van der Waals surface area contributed by atoms with Crippen molar-refractivity contribution in [3.63, 3.8) is 0 Å². The molecule has 0 saturated carbocycles. The number of rotatable bonds is 5. The zero-order chi connectivity index (χ0) is 13.1. The average Bonchev–Trinajstić information content (AvgIpc) is 2.74. The van der Waals surface area contributed by atoms with Crippen LogP contribution in [0, 0.1) is 5.92 Å². The molecule has 1 atom stereocenters. The van der Waals surface area contributed by atoms with Gasteiger partial charge in [0.15, 0.2) is 5.78 Å². The minimum absolute atomic E-state index is 0.0173. The van der Waals surface area contributed by atoms with Crippen molar-refractivity contribution in [1.29, 1.82) is 0 Å². The summed E-state index contributed by atoms with van der Waals surface area (Å²) < 4.78 is 11.8. The largest absolute Gasteiger partial charge is 0.293 e. The zero-order valence-electron chi connectivity index (χ0n) is 11.1. The first kappa shape index (κ1) is 13.5. The van der Waals surface area contributed by atoms with Gasteiger partial charge in [0.25, 0.3) is 0 Å². The van der Waals surface area contributed by atoms with Gasteiger partial charge in [-0.05, 0) is 42.4 Å². The van der Waals surface area contributed by atoms with E-state index in [2.05, 4.69) is 6.07 Å². The molecular weight excluding hydrogens is 244 g/mol. The minimum Gasteiger partial charge on any atom is -0.293 e. The monoisotopic (exact) mass is 264 g/mol. The number of hydrogen-bond acceptors (Lipinski definition) is 2. The second-order valence-corrected chi connectivity index (χ2v) is 6.91. The van der Waals surface area contributed by atoms with E-state index in [0.717, 1.165) is 18.4 Å². The highest BCUT2D eigenvalue weighted by Gasteiger charge is 2.16. The lowest BCUT2D eigenvalue weighted by molar-refractivity contribution is 0.102. The number of hydrogen-bond donors (Lipinski definition) is 0. The van der Waals surface area contributed by atoms with Crippen molar-refractivity contribution in [1.82, 2.24) is 0 Å². The fourth-order valence-corrected chi connectivity index (χ4v) is 3.73. The molecule has 2 nitrogen and oxygen atoms in total. The number of aryl methyl sites for hydroxylation is 2. The van der Waals surface area contributed by atoms with E-state index in [1.54, 1.807) is 0 Å². The summed E-state index contributed by atoms with van der Waals surface area (Å²) in [6.45, 7) is 4.05. The lowest BCUT2D eigenvalue weighted by Gasteiger charge is -2.06. The number of carbonyl (C=O) groups is 1. The lowest BCUT2D eigenvalue weighted by Crippen LogP contribution is -2.16. The molecule has 1 aliphatic carbocycles. The summed E-state index contributed by atoms with van der Waals surface area (Å²) in [7, 11) is -1.03. The second kappa shape index (κ2) is 5.79. The summed E-state index contributed by atoms with van der Waals surface area (Å²) >= 11 is 0. The Morgan fingerprint density at radius 2 is 2.00 bits per heavy atom. The van der Waals surface area contributed by atoms with E-state index >= 15 is 0 Å². The molecule has 0 spiro atoms. The molecule has 1 aromatic rings. The van der Waals surface area contributed by atoms with Gasteiger partial charge >= 0.3 is 0 Å². The predicted octanol–water partition coefficient (Wildman–Crippen LogP) is 2.76. The van der Waals surface area contributed by atoms with E-state index in [0.29, 0.717) is 11.7 Å². The summed E-state index contributed by atoms with van der Waals surface area (Å²) in [5.74, 6) is 1.16. The molecule has 0 N–H and O–H groups in total. The number of fused-ring (bicyclic) bond motifs is 1. The smallest absolute Gasteiger partial charge is 0.175 e. The predicted molar refractivity (Wildman–Crippen MR) is 75.5 cm³/mol. The van der Waals surface area contributed by atoms with Crippen LogP contribution in [-0.2, 0) is 23.6 Å². The van der Waals surface area contributed by atoms with Crippen LogP contribution in [0.2, 0.25) is 0 Å². The number of Topliss-reactive ketones (excluding diaryl/α,β-unsaturated/α-hetero) is 1. The van der Waals surface area contributed by atoms with Crippen LogP contribution < -0.4 is 0 Å². The Morgan fingerprint density at radius 3 is 2.72 bits per heavy atom. The van der Waals surface area contributed by atoms with Gasteiger partial charge in [0.2, 0.25) is 0 Å². The van der Waals surface area contributed by atoms with Crippen LogP contribution in [0.4, 0.5) is 0 Å². The summed E-state index contributed by atoms with van der Waals surface area (Å²) in [4.78, 5) is 12.0. The highest BCUT2D eigenvalue weighted by Crippen LogP contribution is 2.23. The Kier molecular flexibility index (Phi) is 4.33. The van der Waals surface area contributed by atoms with E-state index in [1.165, 1.54) is 17.5 Å². The third kappa shape index (κ3) is 3.29. The first-order valence-corrected chi connectivity index (χ1v) is 8.05. The van der Waals surface area contributed by atoms with Crippen LogP contribution in [0.3, 0.4) is 0 Å². The molecule has 1 aliphatic rings. The SMILES string of the molecule is CC(C)CS(=O)CC(=O)c1ccc2c(c1)CCC2. The third-order valence-corrected chi connectivity index (χ3v) is 4.85. The summed E-state index contributed by atoms with van der Waals surface area (Å²) in [6.07, 6.45) is 3.39. The van der Waals surface area contributed by atoms with Gasteiger partial charge in [0.05, 0.1) is 5.75 Å². The molecular formula is C15H20O2S. The van der Waals surface area contributed by atoms with Crippen molar-refractivity contribution >= 4 is 16.6 Å². The van der Waals surface area contributed by atoms with E-state index in [1.807, 2.05) is 26.0 Å². The Balaban J connectivity index is 2.03. The second-order valence-electron chi connectivity index (χ2n) is 5.40. The molecule has 0 bridgehead atoms. The van der Waals surface area contributed by atoms with Gasteiger partial charge in [0, 0.05) is 22.1 Å². The van der Waals surface area contributed by atoms with Crippen molar-refractivity contribution in [2.45, 2.75) is 33.1 Å². The van der Waals surface area contributed by atoms with Gasteiger partial charge in [-0.25, -0.2) is 0 Å². The van der Waals surface area contributed by atoms with Gasteiger partial charge in [-0.2, -0.15) is 0 Å². The van der Waals surface area contributed by atoms with Crippen LogP contribution in [0.1, 0.15) is 41.8 Å². The van der Waals surface area contributed by atoms with Crippen molar-refractivity contribution in [2.75, 3.05) is 11.5 Å². The fourth-order valence-electron chi connectivity index (χ4n) is 2.41. The molecule has 0 saturated heterocycles. The first-order valence-electron chi connectivity index (χ1n) is 6.56. The zero-order valence-corrected chi connectivity index (χ0v) is 11.9. The molecule has 2 rings (SSSR count). The van der Waals surface area contributed by atoms with Crippen molar-refractivity contribution in [3.8, 4) is 0 Å². The van der Waals surface area contributed by atoms with Crippen molar-refractivity contribution in [3.05, 3.63) is 34.9 Å². The maximum absolute atomic E-state index is 12.0. The van der Waals surface area contributed by atoms with Crippen molar-refractivity contribution in [2.24, 2.45) is 5.92 Å². The van der Waals surface area contributed by atoms with E-state index < -0.39 is 10.8 Å². The summed E-state index contributed by atoms with van der Waals surface area (Å²) in [5.41, 5.74) is 3.40. The molecule has 1 aromatic carbocycles. The molecule has 18 heavy (non-hydrogen) atoms. The molecule has 0 fully saturated rings. The normalized spacial score (nSPS) is 15.7. The van der Waals surface area contributed by atoms with Crippen LogP contribution in [-0.4, -0.2) is 21.5 Å². The number of carbonyl (C=O) groups excluding carboxylic acids is 1. The molecule has 0 aromatic heterocycles. The van der Waals surface area contributed by atoms with Crippen LogP contribution >= 0.6 is 0 Å². The molecule has 0 aliphatic heterocycles. The third-order valence-electron chi connectivity index (χ3n) is 3.23. The number of ketones is 1. The van der Waals surface area contributed by atoms with E-state index in [-0.39, 0.29) is 11.5 Å². The first-order chi connectivity index (χ1) is 8.56. The molecule has 3 heteroatoms. The van der Waals surface area contributed by atoms with Gasteiger partial charge < -0.3 is 0 Å². The van der Waals surface area contributed by atoms with Gasteiger partial charge in [-0.1, -0.05) is 26.0 Å². The van der Waals surface area contributed by atoms with E-state index in [4.69, 9.17) is 0 Å². The maximum atomic E-state index is 12.0. The Hall–Kier alpha value is -0.960. The standard InChI is InChI=1S/C15H20O2S/c1-11(2)9-18(17)10-15(16)14-7-6-12-4-3-5-13(12)8-14/h6-8,11H,3-5,9-10H2,1-2H3. The van der Waals surface area contributed by atoms with Crippen LogP contribution in [0.5, 0.6) is 0 Å².